The maximum atomic E-state index is 10.8. The Balaban J connectivity index is 2.84. The Morgan fingerprint density at radius 3 is 2.93 bits per heavy atom. The Morgan fingerprint density at radius 2 is 2.29 bits per heavy atom. The summed E-state index contributed by atoms with van der Waals surface area (Å²) in [6, 6.07) is 3.75. The van der Waals surface area contributed by atoms with Crippen molar-refractivity contribution in [1.82, 2.24) is 0 Å². The highest BCUT2D eigenvalue weighted by Crippen LogP contribution is 2.36. The Labute approximate surface area is 99.0 Å². The smallest absolute Gasteiger partial charge is 0.153 e. The monoisotopic (exact) mass is 318 g/mol. The van der Waals surface area contributed by atoms with E-state index in [1.54, 1.807) is 24.5 Å². The van der Waals surface area contributed by atoms with Gasteiger partial charge in [-0.25, -0.2) is 0 Å². The van der Waals surface area contributed by atoms with Gasteiger partial charge in [-0.1, -0.05) is 6.07 Å². The molecule has 0 spiro atoms. The second-order valence-corrected chi connectivity index (χ2v) is 4.81. The van der Waals surface area contributed by atoms with E-state index in [0.717, 1.165) is 16.4 Å². The molecule has 2 aromatic rings. The number of hydrogen-bond acceptors (Lipinski definition) is 3. The molecule has 0 N–H and O–H groups in total. The van der Waals surface area contributed by atoms with Crippen molar-refractivity contribution >= 4 is 50.3 Å². The molecule has 1 aromatic carbocycles. The molecule has 0 amide bonds. The van der Waals surface area contributed by atoms with Crippen LogP contribution in [0.4, 0.5) is 0 Å². The first kappa shape index (κ1) is 9.92. The molecule has 0 aliphatic carbocycles. The largest absolute Gasteiger partial charge is 0.494 e. The van der Waals surface area contributed by atoms with Crippen molar-refractivity contribution in [3.05, 3.63) is 26.6 Å². The molecule has 0 fully saturated rings. The van der Waals surface area contributed by atoms with Crippen LogP contribution in [0, 0.1) is 3.57 Å². The molecule has 72 valence electrons. The lowest BCUT2D eigenvalue weighted by molar-refractivity contribution is 0.112. The van der Waals surface area contributed by atoms with Gasteiger partial charge in [0, 0.05) is 14.3 Å². The van der Waals surface area contributed by atoms with Crippen LogP contribution in [-0.2, 0) is 0 Å². The van der Waals surface area contributed by atoms with Gasteiger partial charge in [0.2, 0.25) is 0 Å². The van der Waals surface area contributed by atoms with Crippen LogP contribution in [0.15, 0.2) is 17.5 Å². The Kier molecular flexibility index (Phi) is 2.73. The quantitative estimate of drug-likeness (QED) is 0.627. The fourth-order valence-electron chi connectivity index (χ4n) is 1.36. The van der Waals surface area contributed by atoms with Crippen molar-refractivity contribution in [3.63, 3.8) is 0 Å². The number of aldehydes is 1. The summed E-state index contributed by atoms with van der Waals surface area (Å²) in [6.45, 7) is 0. The van der Waals surface area contributed by atoms with Gasteiger partial charge in [-0.3, -0.25) is 4.79 Å². The molecule has 1 heterocycles. The average Bonchev–Trinajstić information content (AvgIpc) is 2.59. The maximum absolute atomic E-state index is 10.8. The van der Waals surface area contributed by atoms with Crippen molar-refractivity contribution in [3.8, 4) is 5.75 Å². The number of carbonyl (C=O) groups is 1. The fourth-order valence-corrected chi connectivity index (χ4v) is 3.34. The van der Waals surface area contributed by atoms with Crippen molar-refractivity contribution in [2.75, 3.05) is 7.11 Å². The Bertz CT molecular complexity index is 490. The number of ether oxygens (including phenoxy) is 1. The molecule has 2 rings (SSSR count). The minimum Gasteiger partial charge on any atom is -0.494 e. The summed E-state index contributed by atoms with van der Waals surface area (Å²) in [4.78, 5) is 10.8. The minimum atomic E-state index is 0.609. The van der Waals surface area contributed by atoms with Crippen LogP contribution in [0.25, 0.3) is 10.1 Å². The molecule has 0 saturated heterocycles. The summed E-state index contributed by atoms with van der Waals surface area (Å²) < 4.78 is 7.47. The van der Waals surface area contributed by atoms with Gasteiger partial charge in [0.25, 0.3) is 0 Å². The molecule has 2 nitrogen and oxygen atoms in total. The van der Waals surface area contributed by atoms with Crippen molar-refractivity contribution in [1.29, 1.82) is 0 Å². The van der Waals surface area contributed by atoms with E-state index in [0.29, 0.717) is 11.3 Å². The second-order valence-electron chi connectivity index (χ2n) is 2.77. The van der Waals surface area contributed by atoms with E-state index >= 15 is 0 Å². The van der Waals surface area contributed by atoms with Crippen LogP contribution in [0.5, 0.6) is 5.75 Å². The number of thiophene rings is 1. The molecule has 4 heteroatoms. The first-order chi connectivity index (χ1) is 6.77. The number of fused-ring (bicyclic) bond motifs is 1. The van der Waals surface area contributed by atoms with Gasteiger partial charge in [0.15, 0.2) is 6.29 Å². The third-order valence-electron chi connectivity index (χ3n) is 2.01. The van der Waals surface area contributed by atoms with E-state index in [1.807, 2.05) is 6.07 Å². The predicted octanol–water partition coefficient (Wildman–Crippen LogP) is 3.33. The third-order valence-corrected chi connectivity index (χ3v) is 4.32. The van der Waals surface area contributed by atoms with Crippen molar-refractivity contribution < 1.29 is 9.53 Å². The summed E-state index contributed by atoms with van der Waals surface area (Å²) in [5, 5.41) is 3.21. The molecule has 0 aliphatic heterocycles. The van der Waals surface area contributed by atoms with Gasteiger partial charge < -0.3 is 4.74 Å². The summed E-state index contributed by atoms with van der Waals surface area (Å²) in [5.74, 6) is 0.686. The average molecular weight is 318 g/mol. The van der Waals surface area contributed by atoms with Crippen LogP contribution in [0.2, 0.25) is 0 Å². The normalized spacial score (nSPS) is 10.4. The highest BCUT2D eigenvalue weighted by Gasteiger charge is 2.10. The third kappa shape index (κ3) is 1.42. The SMILES string of the molecule is COc1c(C=O)ccc2c(I)csc12. The molecular formula is C10H7IO2S. The van der Waals surface area contributed by atoms with Crippen LogP contribution in [-0.4, -0.2) is 13.4 Å². The maximum Gasteiger partial charge on any atom is 0.153 e. The van der Waals surface area contributed by atoms with Gasteiger partial charge >= 0.3 is 0 Å². The van der Waals surface area contributed by atoms with Gasteiger partial charge in [-0.05, 0) is 28.7 Å². The summed E-state index contributed by atoms with van der Waals surface area (Å²) in [6.07, 6.45) is 0.824. The molecule has 0 aliphatic rings. The predicted molar refractivity (Wildman–Crippen MR) is 66.5 cm³/mol. The van der Waals surface area contributed by atoms with E-state index in [2.05, 4.69) is 28.0 Å². The molecule has 0 bridgehead atoms. The fraction of sp³-hybridized carbons (Fsp3) is 0.100. The lowest BCUT2D eigenvalue weighted by atomic mass is 10.2. The van der Waals surface area contributed by atoms with Gasteiger partial charge in [-0.2, -0.15) is 0 Å². The molecule has 0 saturated carbocycles. The molecular weight excluding hydrogens is 311 g/mol. The molecule has 1 aromatic heterocycles. The van der Waals surface area contributed by atoms with Crippen LogP contribution in [0.1, 0.15) is 10.4 Å². The number of halogens is 1. The van der Waals surface area contributed by atoms with Crippen LogP contribution in [0.3, 0.4) is 0 Å². The van der Waals surface area contributed by atoms with Crippen molar-refractivity contribution in [2.24, 2.45) is 0 Å². The van der Waals surface area contributed by atoms with E-state index in [9.17, 15) is 4.79 Å². The van der Waals surface area contributed by atoms with E-state index in [1.165, 1.54) is 3.57 Å². The highest BCUT2D eigenvalue weighted by atomic mass is 127. The highest BCUT2D eigenvalue weighted by molar-refractivity contribution is 14.1. The standard InChI is InChI=1S/C10H7IO2S/c1-13-9-6(4-12)2-3-7-8(11)5-14-10(7)9/h2-5H,1H3. The van der Waals surface area contributed by atoms with Crippen LogP contribution >= 0.6 is 33.9 Å². The van der Waals surface area contributed by atoms with Gasteiger partial charge in [-0.15, -0.1) is 11.3 Å². The molecule has 0 radical (unpaired) electrons. The first-order valence-electron chi connectivity index (χ1n) is 3.96. The van der Waals surface area contributed by atoms with Gasteiger partial charge in [0.1, 0.15) is 5.75 Å². The minimum absolute atomic E-state index is 0.609. The lowest BCUT2D eigenvalue weighted by Crippen LogP contribution is -1.89. The zero-order chi connectivity index (χ0) is 10.1. The summed E-state index contributed by atoms with van der Waals surface area (Å²) in [5.41, 5.74) is 0.609. The summed E-state index contributed by atoms with van der Waals surface area (Å²) in [7, 11) is 1.59. The number of carbonyl (C=O) groups excluding carboxylic acids is 1. The van der Waals surface area contributed by atoms with E-state index in [4.69, 9.17) is 4.74 Å². The molecule has 14 heavy (non-hydrogen) atoms. The molecule has 0 atom stereocenters. The Morgan fingerprint density at radius 1 is 1.50 bits per heavy atom. The number of benzene rings is 1. The Hall–Kier alpha value is -0.620. The number of rotatable bonds is 2. The second kappa shape index (κ2) is 3.86. The number of methoxy groups -OCH3 is 1. The first-order valence-corrected chi connectivity index (χ1v) is 5.92. The molecule has 0 unspecified atom stereocenters. The topological polar surface area (TPSA) is 26.3 Å². The zero-order valence-corrected chi connectivity index (χ0v) is 10.4. The van der Waals surface area contributed by atoms with Gasteiger partial charge in [0.05, 0.1) is 17.4 Å². The lowest BCUT2D eigenvalue weighted by Gasteiger charge is -2.04. The summed E-state index contributed by atoms with van der Waals surface area (Å²) >= 11 is 3.88. The van der Waals surface area contributed by atoms with Crippen LogP contribution < -0.4 is 4.74 Å². The van der Waals surface area contributed by atoms with E-state index < -0.39 is 0 Å². The zero-order valence-electron chi connectivity index (χ0n) is 7.41. The van der Waals surface area contributed by atoms with E-state index in [-0.39, 0.29) is 0 Å². The number of hydrogen-bond donors (Lipinski definition) is 0. The van der Waals surface area contributed by atoms with Crippen molar-refractivity contribution in [2.45, 2.75) is 0 Å².